The highest BCUT2D eigenvalue weighted by molar-refractivity contribution is 5.96. The molecule has 24 heavy (non-hydrogen) atoms. The van der Waals surface area contributed by atoms with Crippen molar-refractivity contribution in [3.8, 4) is 11.5 Å². The van der Waals surface area contributed by atoms with Gasteiger partial charge >= 0.3 is 0 Å². The quantitative estimate of drug-likeness (QED) is 0.862. The van der Waals surface area contributed by atoms with Crippen LogP contribution in [0.2, 0.25) is 0 Å². The Morgan fingerprint density at radius 2 is 2.08 bits per heavy atom. The maximum absolute atomic E-state index is 12.8. The summed E-state index contributed by atoms with van der Waals surface area (Å²) in [6, 6.07) is 5.78. The molecule has 1 atom stereocenters. The molecule has 1 saturated heterocycles. The van der Waals surface area contributed by atoms with Gasteiger partial charge in [0, 0.05) is 24.6 Å². The molecule has 2 heterocycles. The Labute approximate surface area is 141 Å². The van der Waals surface area contributed by atoms with Crippen molar-refractivity contribution in [2.45, 2.75) is 26.2 Å². The molecule has 0 N–H and O–H groups in total. The van der Waals surface area contributed by atoms with Crippen molar-refractivity contribution in [3.05, 3.63) is 40.8 Å². The van der Waals surface area contributed by atoms with E-state index < -0.39 is 0 Å². The molecule has 0 aliphatic carbocycles. The number of likely N-dealkylation sites (tertiary alicyclic amines) is 1. The molecule has 1 amide bonds. The van der Waals surface area contributed by atoms with Gasteiger partial charge in [0.25, 0.3) is 5.91 Å². The Morgan fingerprint density at radius 1 is 1.29 bits per heavy atom. The van der Waals surface area contributed by atoms with Crippen LogP contribution in [0.1, 0.15) is 39.7 Å². The van der Waals surface area contributed by atoms with E-state index in [1.807, 2.05) is 23.1 Å². The highest BCUT2D eigenvalue weighted by Crippen LogP contribution is 2.36. The second-order valence-corrected chi connectivity index (χ2v) is 6.04. The molecule has 0 bridgehead atoms. The first-order chi connectivity index (χ1) is 11.5. The fourth-order valence-corrected chi connectivity index (χ4v) is 3.30. The lowest BCUT2D eigenvalue weighted by atomic mass is 9.97. The Balaban J connectivity index is 1.82. The third-order valence-corrected chi connectivity index (χ3v) is 4.60. The summed E-state index contributed by atoms with van der Waals surface area (Å²) in [5.41, 5.74) is 2.29. The predicted molar refractivity (Wildman–Crippen MR) is 88.8 cm³/mol. The van der Waals surface area contributed by atoms with Crippen LogP contribution in [0.25, 0.3) is 0 Å². The molecular formula is C18H22N2O4. The van der Waals surface area contributed by atoms with Crippen molar-refractivity contribution in [2.24, 2.45) is 0 Å². The fraction of sp³-hybridized carbons (Fsp3) is 0.444. The molecule has 1 aliphatic heterocycles. The average molecular weight is 330 g/mol. The van der Waals surface area contributed by atoms with Crippen LogP contribution in [-0.2, 0) is 0 Å². The first-order valence-electron chi connectivity index (χ1n) is 7.99. The van der Waals surface area contributed by atoms with Crippen molar-refractivity contribution in [1.29, 1.82) is 0 Å². The largest absolute Gasteiger partial charge is 0.497 e. The molecule has 1 fully saturated rings. The number of methoxy groups -OCH3 is 2. The highest BCUT2D eigenvalue weighted by atomic mass is 16.5. The summed E-state index contributed by atoms with van der Waals surface area (Å²) in [4.78, 5) is 14.6. The third-order valence-electron chi connectivity index (χ3n) is 4.60. The van der Waals surface area contributed by atoms with Gasteiger partial charge in [0.1, 0.15) is 22.8 Å². The second kappa shape index (κ2) is 6.55. The topological polar surface area (TPSA) is 64.8 Å². The van der Waals surface area contributed by atoms with Crippen molar-refractivity contribution in [3.63, 3.8) is 0 Å². The summed E-state index contributed by atoms with van der Waals surface area (Å²) in [6.45, 7) is 4.91. The number of aromatic nitrogens is 1. The van der Waals surface area contributed by atoms with E-state index in [1.165, 1.54) is 0 Å². The monoisotopic (exact) mass is 330 g/mol. The highest BCUT2D eigenvalue weighted by Gasteiger charge is 2.32. The molecule has 6 nitrogen and oxygen atoms in total. The van der Waals surface area contributed by atoms with Crippen molar-refractivity contribution >= 4 is 5.91 Å². The lowest BCUT2D eigenvalue weighted by molar-refractivity contribution is 0.0788. The molecule has 0 radical (unpaired) electrons. The van der Waals surface area contributed by atoms with E-state index in [4.69, 9.17) is 14.0 Å². The minimum absolute atomic E-state index is 0.0180. The number of carbonyl (C=O) groups excluding carboxylic acids is 1. The molecule has 2 aromatic rings. The number of carbonyl (C=O) groups is 1. The first-order valence-corrected chi connectivity index (χ1v) is 7.99. The maximum Gasteiger partial charge on any atom is 0.259 e. The fourth-order valence-electron chi connectivity index (χ4n) is 3.30. The van der Waals surface area contributed by atoms with Crippen LogP contribution in [0, 0.1) is 13.8 Å². The normalized spacial score (nSPS) is 17.2. The number of ether oxygens (including phenoxy) is 2. The van der Waals surface area contributed by atoms with Crippen molar-refractivity contribution < 1.29 is 18.8 Å². The van der Waals surface area contributed by atoms with E-state index in [2.05, 4.69) is 5.16 Å². The zero-order chi connectivity index (χ0) is 17.3. The van der Waals surface area contributed by atoms with Crippen LogP contribution in [0.3, 0.4) is 0 Å². The van der Waals surface area contributed by atoms with Crippen LogP contribution in [-0.4, -0.2) is 43.3 Å². The van der Waals surface area contributed by atoms with Crippen LogP contribution in [0.4, 0.5) is 0 Å². The molecular weight excluding hydrogens is 308 g/mol. The molecule has 1 aromatic carbocycles. The predicted octanol–water partition coefficient (Wildman–Crippen LogP) is 2.94. The third kappa shape index (κ3) is 2.84. The van der Waals surface area contributed by atoms with Gasteiger partial charge in [-0.2, -0.15) is 0 Å². The number of amides is 1. The first kappa shape index (κ1) is 16.4. The lowest BCUT2D eigenvalue weighted by Gasteiger charge is -2.18. The minimum Gasteiger partial charge on any atom is -0.497 e. The number of nitrogens with zero attached hydrogens (tertiary/aromatic N) is 2. The average Bonchev–Trinajstić information content (AvgIpc) is 3.21. The number of hydrogen-bond acceptors (Lipinski definition) is 5. The molecule has 1 unspecified atom stereocenters. The van der Waals surface area contributed by atoms with Gasteiger partial charge in [0.2, 0.25) is 0 Å². The standard InChI is InChI=1S/C18H22N2O4/c1-11-17(12(2)24-19-11)18(21)20-8-7-13(10-20)15-9-14(22-3)5-6-16(15)23-4/h5-6,9,13H,7-8,10H2,1-4H3. The zero-order valence-electron chi connectivity index (χ0n) is 14.5. The zero-order valence-corrected chi connectivity index (χ0v) is 14.5. The van der Waals surface area contributed by atoms with Crippen LogP contribution < -0.4 is 9.47 Å². The van der Waals surface area contributed by atoms with E-state index in [-0.39, 0.29) is 11.8 Å². The Morgan fingerprint density at radius 3 is 2.71 bits per heavy atom. The molecule has 1 aliphatic rings. The van der Waals surface area contributed by atoms with Crippen molar-refractivity contribution in [2.75, 3.05) is 27.3 Å². The van der Waals surface area contributed by atoms with E-state index >= 15 is 0 Å². The second-order valence-electron chi connectivity index (χ2n) is 6.04. The van der Waals surface area contributed by atoms with Gasteiger partial charge in [-0.1, -0.05) is 5.16 Å². The van der Waals surface area contributed by atoms with E-state index in [0.717, 1.165) is 23.5 Å². The summed E-state index contributed by atoms with van der Waals surface area (Å²) in [7, 11) is 3.31. The Bertz CT molecular complexity index is 734. The number of rotatable bonds is 4. The molecule has 128 valence electrons. The van der Waals surface area contributed by atoms with Gasteiger partial charge in [0.05, 0.1) is 19.9 Å². The molecule has 1 aromatic heterocycles. The van der Waals surface area contributed by atoms with E-state index in [0.29, 0.717) is 30.1 Å². The molecule has 6 heteroatoms. The summed E-state index contributed by atoms with van der Waals surface area (Å²) >= 11 is 0. The van der Waals surface area contributed by atoms with Gasteiger partial charge in [-0.3, -0.25) is 4.79 Å². The van der Waals surface area contributed by atoms with Crippen molar-refractivity contribution in [1.82, 2.24) is 10.1 Å². The molecule has 0 saturated carbocycles. The van der Waals surface area contributed by atoms with E-state index in [9.17, 15) is 4.79 Å². The van der Waals surface area contributed by atoms with Gasteiger partial charge in [0.15, 0.2) is 0 Å². The van der Waals surface area contributed by atoms with Crippen LogP contribution in [0.15, 0.2) is 22.7 Å². The summed E-state index contributed by atoms with van der Waals surface area (Å²) < 4.78 is 15.9. The molecule has 0 spiro atoms. The number of hydrogen-bond donors (Lipinski definition) is 0. The minimum atomic E-state index is -0.0180. The van der Waals surface area contributed by atoms with Gasteiger partial charge in [-0.05, 0) is 38.5 Å². The summed E-state index contributed by atoms with van der Waals surface area (Å²) in [6.07, 6.45) is 0.888. The number of aryl methyl sites for hydroxylation is 2. The number of benzene rings is 1. The Kier molecular flexibility index (Phi) is 4.46. The van der Waals surface area contributed by atoms with Gasteiger partial charge in [-0.15, -0.1) is 0 Å². The smallest absolute Gasteiger partial charge is 0.259 e. The lowest BCUT2D eigenvalue weighted by Crippen LogP contribution is -2.29. The Hall–Kier alpha value is -2.50. The summed E-state index contributed by atoms with van der Waals surface area (Å²) in [5.74, 6) is 2.39. The molecule has 3 rings (SSSR count). The summed E-state index contributed by atoms with van der Waals surface area (Å²) in [5, 5.41) is 3.88. The SMILES string of the molecule is COc1ccc(OC)c(C2CCN(C(=O)c3c(C)noc3C)C2)c1. The van der Waals surface area contributed by atoms with Gasteiger partial charge < -0.3 is 18.9 Å². The van der Waals surface area contributed by atoms with Crippen LogP contribution >= 0.6 is 0 Å². The maximum atomic E-state index is 12.8. The van der Waals surface area contributed by atoms with Crippen LogP contribution in [0.5, 0.6) is 11.5 Å². The van der Waals surface area contributed by atoms with Gasteiger partial charge in [-0.25, -0.2) is 0 Å². The van der Waals surface area contributed by atoms with E-state index in [1.54, 1.807) is 28.1 Å².